The molecule has 0 radical (unpaired) electrons. The van der Waals surface area contributed by atoms with Crippen LogP contribution in [0.1, 0.15) is 70.6 Å². The van der Waals surface area contributed by atoms with Crippen molar-refractivity contribution in [3.8, 4) is 12.3 Å². The Morgan fingerprint density at radius 1 is 0.722 bits per heavy atom. The van der Waals surface area contributed by atoms with Crippen LogP contribution in [0, 0.1) is 18.3 Å². The molecule has 0 atom stereocenters. The lowest BCUT2D eigenvalue weighted by Gasteiger charge is -2.05. The third-order valence-electron chi connectivity index (χ3n) is 3.69. The molecule has 0 amide bonds. The highest BCUT2D eigenvalue weighted by atomic mass is 14.1. The van der Waals surface area contributed by atoms with Gasteiger partial charge >= 0.3 is 0 Å². The van der Waals surface area contributed by atoms with Crippen molar-refractivity contribution in [2.75, 3.05) is 0 Å². The number of hydrogen-bond acceptors (Lipinski definition) is 0. The quantitative estimate of drug-likeness (QED) is 0.325. The van der Waals surface area contributed by atoms with E-state index in [1.165, 1.54) is 64.2 Å². The third-order valence-corrected chi connectivity index (χ3v) is 3.69. The Labute approximate surface area is 114 Å². The van der Waals surface area contributed by atoms with Crippen LogP contribution in [0.15, 0.2) is 24.3 Å². The van der Waals surface area contributed by atoms with Crippen LogP contribution in [-0.2, 0) is 0 Å². The van der Waals surface area contributed by atoms with Crippen molar-refractivity contribution in [3.63, 3.8) is 0 Å². The highest BCUT2D eigenvalue weighted by Crippen LogP contribution is 2.18. The van der Waals surface area contributed by atoms with Gasteiger partial charge in [-0.25, -0.2) is 0 Å². The second-order valence-electron chi connectivity index (χ2n) is 5.36. The second kappa shape index (κ2) is 11.1. The maximum Gasteiger partial charge on any atom is 0.00860 e. The number of allylic oxidation sites excluding steroid dienone is 4. The summed E-state index contributed by atoms with van der Waals surface area (Å²) in [6.07, 6.45) is 28.9. The molecule has 0 nitrogen and oxygen atoms in total. The molecule has 0 saturated heterocycles. The van der Waals surface area contributed by atoms with E-state index in [2.05, 4.69) is 30.2 Å². The molecule has 0 saturated carbocycles. The lowest BCUT2D eigenvalue weighted by atomic mass is 10.0. The van der Waals surface area contributed by atoms with Gasteiger partial charge in [0.25, 0.3) is 0 Å². The topological polar surface area (TPSA) is 0 Å². The van der Waals surface area contributed by atoms with E-state index in [9.17, 15) is 0 Å². The summed E-state index contributed by atoms with van der Waals surface area (Å²) in [5.74, 6) is 3.44. The SMILES string of the molecule is C#CCCCCCCCCCCCC1C=CC=C1. The van der Waals surface area contributed by atoms with Gasteiger partial charge in [-0.15, -0.1) is 12.3 Å². The Morgan fingerprint density at radius 2 is 1.22 bits per heavy atom. The fraction of sp³-hybridized carbons (Fsp3) is 0.667. The maximum atomic E-state index is 5.22. The lowest BCUT2D eigenvalue weighted by Crippen LogP contribution is -1.89. The zero-order chi connectivity index (χ0) is 12.9. The first kappa shape index (κ1) is 15.1. The van der Waals surface area contributed by atoms with Crippen molar-refractivity contribution in [1.82, 2.24) is 0 Å². The molecule has 0 bridgehead atoms. The first-order valence-corrected chi connectivity index (χ1v) is 7.72. The predicted molar refractivity (Wildman–Crippen MR) is 81.4 cm³/mol. The average Bonchev–Trinajstić information content (AvgIpc) is 2.89. The van der Waals surface area contributed by atoms with Crippen LogP contribution < -0.4 is 0 Å². The van der Waals surface area contributed by atoms with Crippen LogP contribution in [0.4, 0.5) is 0 Å². The number of hydrogen-bond donors (Lipinski definition) is 0. The summed E-state index contributed by atoms with van der Waals surface area (Å²) in [5, 5.41) is 0. The Kier molecular flexibility index (Phi) is 9.35. The van der Waals surface area contributed by atoms with Crippen molar-refractivity contribution >= 4 is 0 Å². The van der Waals surface area contributed by atoms with Gasteiger partial charge in [-0.1, -0.05) is 75.7 Å². The summed E-state index contributed by atoms with van der Waals surface area (Å²) in [5.41, 5.74) is 0. The highest BCUT2D eigenvalue weighted by molar-refractivity contribution is 5.17. The molecular formula is C18H28. The summed E-state index contributed by atoms with van der Waals surface area (Å²) in [6.45, 7) is 0. The van der Waals surface area contributed by atoms with Crippen molar-refractivity contribution < 1.29 is 0 Å². The molecule has 0 aromatic heterocycles. The monoisotopic (exact) mass is 244 g/mol. The smallest absolute Gasteiger partial charge is 0.00860 e. The second-order valence-corrected chi connectivity index (χ2v) is 5.36. The van der Waals surface area contributed by atoms with E-state index in [4.69, 9.17) is 6.42 Å². The molecule has 1 aliphatic carbocycles. The molecule has 1 rings (SSSR count). The van der Waals surface area contributed by atoms with Crippen molar-refractivity contribution in [2.24, 2.45) is 5.92 Å². The Balaban J connectivity index is 1.72. The lowest BCUT2D eigenvalue weighted by molar-refractivity contribution is 0.541. The Morgan fingerprint density at radius 3 is 1.78 bits per heavy atom. The van der Waals surface area contributed by atoms with E-state index in [1.54, 1.807) is 0 Å². The molecule has 100 valence electrons. The number of unbranched alkanes of at least 4 members (excludes halogenated alkanes) is 9. The van der Waals surface area contributed by atoms with Gasteiger partial charge in [0.2, 0.25) is 0 Å². The van der Waals surface area contributed by atoms with Gasteiger partial charge in [0.1, 0.15) is 0 Å². The fourth-order valence-corrected chi connectivity index (χ4v) is 2.51. The molecule has 1 aliphatic rings. The number of rotatable bonds is 11. The van der Waals surface area contributed by atoms with Crippen molar-refractivity contribution in [2.45, 2.75) is 70.6 Å². The first-order valence-electron chi connectivity index (χ1n) is 7.72. The molecule has 0 heteroatoms. The highest BCUT2D eigenvalue weighted by Gasteiger charge is 2.02. The first-order chi connectivity index (χ1) is 8.93. The minimum atomic E-state index is 0.737. The normalized spacial score (nSPS) is 14.2. The molecule has 0 unspecified atom stereocenters. The van der Waals surface area contributed by atoms with Gasteiger partial charge in [-0.05, 0) is 18.8 Å². The van der Waals surface area contributed by atoms with Gasteiger partial charge < -0.3 is 0 Å². The van der Waals surface area contributed by atoms with E-state index in [0.717, 1.165) is 12.3 Å². The fourth-order valence-electron chi connectivity index (χ4n) is 2.51. The van der Waals surface area contributed by atoms with Gasteiger partial charge in [0, 0.05) is 6.42 Å². The van der Waals surface area contributed by atoms with Gasteiger partial charge in [-0.3, -0.25) is 0 Å². The van der Waals surface area contributed by atoms with Crippen molar-refractivity contribution in [3.05, 3.63) is 24.3 Å². The van der Waals surface area contributed by atoms with Gasteiger partial charge in [0.15, 0.2) is 0 Å². The van der Waals surface area contributed by atoms with Crippen molar-refractivity contribution in [1.29, 1.82) is 0 Å². The standard InChI is InChI=1S/C18H28/c1-2-3-4-5-6-7-8-9-10-11-12-15-18-16-13-14-17-18/h1,13-14,16-18H,3-12,15H2. The van der Waals surface area contributed by atoms with E-state index >= 15 is 0 Å². The molecule has 0 heterocycles. The summed E-state index contributed by atoms with van der Waals surface area (Å²) in [6, 6.07) is 0. The molecule has 0 spiro atoms. The molecule has 0 fully saturated rings. The zero-order valence-electron chi connectivity index (χ0n) is 11.7. The largest absolute Gasteiger partial charge is 0.120 e. The molecule has 0 aromatic carbocycles. The molecule has 0 N–H and O–H groups in total. The average molecular weight is 244 g/mol. The van der Waals surface area contributed by atoms with Crippen LogP contribution in [0.2, 0.25) is 0 Å². The third kappa shape index (κ3) is 8.18. The molecule has 0 aliphatic heterocycles. The molecule has 0 aromatic rings. The summed E-state index contributed by atoms with van der Waals surface area (Å²) in [4.78, 5) is 0. The van der Waals surface area contributed by atoms with Gasteiger partial charge in [0.05, 0.1) is 0 Å². The predicted octanol–water partition coefficient (Wildman–Crippen LogP) is 5.65. The van der Waals surface area contributed by atoms with E-state index in [1.807, 2.05) is 0 Å². The van der Waals surface area contributed by atoms with E-state index < -0.39 is 0 Å². The minimum absolute atomic E-state index is 0.737. The Hall–Kier alpha value is -0.960. The number of terminal acetylenes is 1. The Bertz CT molecular complexity index is 265. The van der Waals surface area contributed by atoms with Crippen LogP contribution in [-0.4, -0.2) is 0 Å². The summed E-state index contributed by atoms with van der Waals surface area (Å²) >= 11 is 0. The van der Waals surface area contributed by atoms with Crippen LogP contribution in [0.5, 0.6) is 0 Å². The van der Waals surface area contributed by atoms with E-state index in [-0.39, 0.29) is 0 Å². The molecular weight excluding hydrogens is 216 g/mol. The maximum absolute atomic E-state index is 5.22. The van der Waals surface area contributed by atoms with Crippen LogP contribution in [0.25, 0.3) is 0 Å². The zero-order valence-corrected chi connectivity index (χ0v) is 11.7. The van der Waals surface area contributed by atoms with Crippen LogP contribution in [0.3, 0.4) is 0 Å². The minimum Gasteiger partial charge on any atom is -0.120 e. The van der Waals surface area contributed by atoms with Gasteiger partial charge in [-0.2, -0.15) is 0 Å². The van der Waals surface area contributed by atoms with E-state index in [0.29, 0.717) is 0 Å². The summed E-state index contributed by atoms with van der Waals surface area (Å²) in [7, 11) is 0. The molecule has 18 heavy (non-hydrogen) atoms. The van der Waals surface area contributed by atoms with Crippen LogP contribution >= 0.6 is 0 Å². The summed E-state index contributed by atoms with van der Waals surface area (Å²) < 4.78 is 0.